The van der Waals surface area contributed by atoms with E-state index in [2.05, 4.69) is 10.7 Å². The third-order valence-electron chi connectivity index (χ3n) is 3.41. The summed E-state index contributed by atoms with van der Waals surface area (Å²) in [5.41, 5.74) is 3.54. The maximum atomic E-state index is 12.2. The summed E-state index contributed by atoms with van der Waals surface area (Å²) in [5, 5.41) is 2.62. The van der Waals surface area contributed by atoms with Gasteiger partial charge in [0, 0.05) is 5.69 Å². The molecule has 0 spiro atoms. The fourth-order valence-corrected chi connectivity index (χ4v) is 3.12. The summed E-state index contributed by atoms with van der Waals surface area (Å²) in [6.07, 6.45) is 1.46. The first-order valence-electron chi connectivity index (χ1n) is 6.66. The van der Waals surface area contributed by atoms with E-state index < -0.39 is 15.9 Å². The number of hydrogen-bond donors (Lipinski definition) is 3. The molecule has 0 atom stereocenters. The van der Waals surface area contributed by atoms with Crippen LogP contribution in [0.2, 0.25) is 0 Å². The van der Waals surface area contributed by atoms with Gasteiger partial charge in [-0.2, -0.15) is 0 Å². The number of fused-ring (bicyclic) bond motifs is 1. The summed E-state index contributed by atoms with van der Waals surface area (Å²) in [4.78, 5) is 25.2. The standard InChI is InChI=1S/C14H13N3O5S/c1-8-11(4-5-22-8)14(19)16-17-23(20,21)10-2-3-12-9(6-10)7-13(18)15-12/h2-6,17H,7H2,1H3,(H,15,18)(H,16,19). The number of benzene rings is 1. The van der Waals surface area contributed by atoms with E-state index in [-0.39, 0.29) is 22.8 Å². The number of hydrogen-bond acceptors (Lipinski definition) is 5. The van der Waals surface area contributed by atoms with E-state index in [1.807, 2.05) is 4.83 Å². The highest BCUT2D eigenvalue weighted by Gasteiger charge is 2.22. The van der Waals surface area contributed by atoms with Gasteiger partial charge in [0.2, 0.25) is 5.91 Å². The molecule has 0 unspecified atom stereocenters. The monoisotopic (exact) mass is 335 g/mol. The second kappa shape index (κ2) is 5.52. The van der Waals surface area contributed by atoms with Crippen molar-refractivity contribution in [2.75, 3.05) is 5.32 Å². The Bertz CT molecular complexity index is 901. The summed E-state index contributed by atoms with van der Waals surface area (Å²) < 4.78 is 29.4. The first-order chi connectivity index (χ1) is 10.9. The number of furan rings is 1. The first-order valence-corrected chi connectivity index (χ1v) is 8.14. The van der Waals surface area contributed by atoms with Crippen molar-refractivity contribution in [3.05, 3.63) is 47.4 Å². The predicted octanol–water partition coefficient (Wildman–Crippen LogP) is 0.706. The van der Waals surface area contributed by atoms with Crippen LogP contribution in [-0.2, 0) is 21.2 Å². The van der Waals surface area contributed by atoms with Crippen LogP contribution >= 0.6 is 0 Å². The van der Waals surface area contributed by atoms with E-state index >= 15 is 0 Å². The number of anilines is 1. The van der Waals surface area contributed by atoms with E-state index in [0.29, 0.717) is 17.0 Å². The van der Waals surface area contributed by atoms with Gasteiger partial charge in [-0.25, -0.2) is 8.42 Å². The van der Waals surface area contributed by atoms with Crippen molar-refractivity contribution in [2.24, 2.45) is 0 Å². The Morgan fingerprint density at radius 1 is 1.30 bits per heavy atom. The molecule has 0 saturated heterocycles. The van der Waals surface area contributed by atoms with Crippen molar-refractivity contribution in [3.8, 4) is 0 Å². The Hall–Kier alpha value is -2.65. The van der Waals surface area contributed by atoms with Crippen molar-refractivity contribution in [3.63, 3.8) is 0 Å². The van der Waals surface area contributed by atoms with Gasteiger partial charge in [-0.05, 0) is 36.8 Å². The van der Waals surface area contributed by atoms with Crippen LogP contribution in [0.5, 0.6) is 0 Å². The smallest absolute Gasteiger partial charge is 0.269 e. The average Bonchev–Trinajstić information content (AvgIpc) is 3.08. The molecule has 1 aromatic carbocycles. The van der Waals surface area contributed by atoms with Gasteiger partial charge >= 0.3 is 0 Å². The number of carbonyl (C=O) groups excluding carboxylic acids is 2. The number of sulfonamides is 1. The summed E-state index contributed by atoms with van der Waals surface area (Å²) in [5.74, 6) is -0.437. The van der Waals surface area contributed by atoms with E-state index in [1.54, 1.807) is 6.92 Å². The van der Waals surface area contributed by atoms with Gasteiger partial charge in [-0.15, -0.1) is 4.83 Å². The lowest BCUT2D eigenvalue weighted by atomic mass is 10.2. The largest absolute Gasteiger partial charge is 0.469 e. The van der Waals surface area contributed by atoms with Crippen LogP contribution < -0.4 is 15.6 Å². The van der Waals surface area contributed by atoms with Crippen molar-refractivity contribution in [2.45, 2.75) is 18.2 Å². The highest BCUT2D eigenvalue weighted by Crippen LogP contribution is 2.25. The molecule has 2 heterocycles. The zero-order chi connectivity index (χ0) is 16.6. The fourth-order valence-electron chi connectivity index (χ4n) is 2.23. The van der Waals surface area contributed by atoms with Crippen molar-refractivity contribution in [1.82, 2.24) is 10.3 Å². The minimum atomic E-state index is -3.95. The number of rotatable bonds is 4. The molecule has 0 fully saturated rings. The van der Waals surface area contributed by atoms with Crippen LogP contribution in [0.3, 0.4) is 0 Å². The third kappa shape index (κ3) is 2.96. The molecule has 2 amide bonds. The minimum absolute atomic E-state index is 0.0445. The molecule has 23 heavy (non-hydrogen) atoms. The molecule has 1 aliphatic rings. The van der Waals surface area contributed by atoms with E-state index in [4.69, 9.17) is 4.42 Å². The van der Waals surface area contributed by atoms with Gasteiger partial charge in [0.15, 0.2) is 0 Å². The molecule has 2 aromatic rings. The molecular weight excluding hydrogens is 322 g/mol. The maximum Gasteiger partial charge on any atom is 0.269 e. The number of nitrogens with one attached hydrogen (secondary N) is 3. The van der Waals surface area contributed by atoms with Crippen molar-refractivity contribution < 1.29 is 22.4 Å². The molecule has 1 aromatic heterocycles. The molecule has 9 heteroatoms. The zero-order valence-corrected chi connectivity index (χ0v) is 12.9. The topological polar surface area (TPSA) is 118 Å². The summed E-state index contributed by atoms with van der Waals surface area (Å²) in [7, 11) is -3.95. The van der Waals surface area contributed by atoms with Gasteiger partial charge in [-0.1, -0.05) is 0 Å². The van der Waals surface area contributed by atoms with Crippen LogP contribution in [0, 0.1) is 6.92 Å². The van der Waals surface area contributed by atoms with Crippen LogP contribution in [-0.4, -0.2) is 20.2 Å². The Kier molecular flexibility index (Phi) is 3.66. The Balaban J connectivity index is 1.75. The molecule has 3 rings (SSSR count). The summed E-state index contributed by atoms with van der Waals surface area (Å²) in [6.45, 7) is 1.59. The fraction of sp³-hybridized carbons (Fsp3) is 0.143. The number of aryl methyl sites for hydroxylation is 1. The number of amides is 2. The highest BCUT2D eigenvalue weighted by atomic mass is 32.2. The molecule has 1 aliphatic heterocycles. The maximum absolute atomic E-state index is 12.2. The average molecular weight is 335 g/mol. The zero-order valence-electron chi connectivity index (χ0n) is 12.0. The van der Waals surface area contributed by atoms with Crippen LogP contribution in [0.4, 0.5) is 5.69 Å². The summed E-state index contributed by atoms with van der Waals surface area (Å²) >= 11 is 0. The molecule has 0 radical (unpaired) electrons. The third-order valence-corrected chi connectivity index (χ3v) is 4.66. The van der Waals surface area contributed by atoms with Gasteiger partial charge < -0.3 is 9.73 Å². The van der Waals surface area contributed by atoms with Crippen molar-refractivity contribution in [1.29, 1.82) is 0 Å². The predicted molar refractivity (Wildman–Crippen MR) is 80.0 cm³/mol. The molecule has 120 valence electrons. The minimum Gasteiger partial charge on any atom is -0.469 e. The normalized spacial score (nSPS) is 13.5. The molecule has 3 N–H and O–H groups in total. The van der Waals surface area contributed by atoms with E-state index in [9.17, 15) is 18.0 Å². The number of hydrazine groups is 1. The molecule has 8 nitrogen and oxygen atoms in total. The van der Waals surface area contributed by atoms with Crippen LogP contribution in [0.25, 0.3) is 0 Å². The van der Waals surface area contributed by atoms with Gasteiger partial charge in [0.1, 0.15) is 5.76 Å². The molecule has 0 saturated carbocycles. The first kappa shape index (κ1) is 15.3. The molecule has 0 bridgehead atoms. The van der Waals surface area contributed by atoms with Gasteiger partial charge in [0.05, 0.1) is 23.1 Å². The molecular formula is C14H13N3O5S. The summed E-state index contributed by atoms with van der Waals surface area (Å²) in [6, 6.07) is 5.69. The lowest BCUT2D eigenvalue weighted by Crippen LogP contribution is -2.41. The van der Waals surface area contributed by atoms with E-state index in [1.165, 1.54) is 30.5 Å². The van der Waals surface area contributed by atoms with Crippen molar-refractivity contribution >= 4 is 27.5 Å². The lowest BCUT2D eigenvalue weighted by Gasteiger charge is -2.09. The second-order valence-electron chi connectivity index (χ2n) is 4.99. The lowest BCUT2D eigenvalue weighted by molar-refractivity contribution is -0.115. The quantitative estimate of drug-likeness (QED) is 0.711. The van der Waals surface area contributed by atoms with E-state index in [0.717, 1.165) is 0 Å². The number of carbonyl (C=O) groups is 2. The van der Waals surface area contributed by atoms with Gasteiger partial charge in [-0.3, -0.25) is 15.0 Å². The molecule has 0 aliphatic carbocycles. The Morgan fingerprint density at radius 3 is 2.78 bits per heavy atom. The Morgan fingerprint density at radius 2 is 2.09 bits per heavy atom. The SMILES string of the molecule is Cc1occc1C(=O)NNS(=O)(=O)c1ccc2c(c1)CC(=O)N2. The Labute approximate surface area is 131 Å². The second-order valence-corrected chi connectivity index (χ2v) is 6.68. The van der Waals surface area contributed by atoms with Gasteiger partial charge in [0.25, 0.3) is 15.9 Å². The van der Waals surface area contributed by atoms with Crippen LogP contribution in [0.1, 0.15) is 21.7 Å². The highest BCUT2D eigenvalue weighted by molar-refractivity contribution is 7.89. The van der Waals surface area contributed by atoms with Crippen LogP contribution in [0.15, 0.2) is 39.8 Å².